The Labute approximate surface area is 115 Å². The predicted octanol–water partition coefficient (Wildman–Crippen LogP) is 2.46. The lowest BCUT2D eigenvalue weighted by Crippen LogP contribution is -2.26. The summed E-state index contributed by atoms with van der Waals surface area (Å²) in [6.07, 6.45) is -4.45. The van der Waals surface area contributed by atoms with Crippen LogP contribution in [0.15, 0.2) is 18.2 Å². The minimum Gasteiger partial charge on any atom is -0.384 e. The van der Waals surface area contributed by atoms with Crippen LogP contribution < -0.4 is 10.6 Å². The van der Waals surface area contributed by atoms with Gasteiger partial charge in [0, 0.05) is 31.5 Å². The summed E-state index contributed by atoms with van der Waals surface area (Å²) in [5.41, 5.74) is 5.11. The minimum atomic E-state index is -4.45. The maximum absolute atomic E-state index is 12.7. The third kappa shape index (κ3) is 4.12. The number of ether oxygens (including phenoxy) is 1. The van der Waals surface area contributed by atoms with Crippen LogP contribution in [0.25, 0.3) is 0 Å². The molecule has 0 saturated carbocycles. The van der Waals surface area contributed by atoms with E-state index in [9.17, 15) is 13.2 Å². The molecule has 7 heteroatoms. The number of nitrogen functional groups attached to an aromatic ring is 1. The SMILES string of the molecule is CCOCCN(C)c1ccc(C(F)(F)F)cc1C(=N)N. The van der Waals surface area contributed by atoms with Crippen LogP contribution in [-0.4, -0.2) is 32.6 Å². The summed E-state index contributed by atoms with van der Waals surface area (Å²) in [5.74, 6) is -0.394. The number of rotatable bonds is 6. The van der Waals surface area contributed by atoms with Crippen molar-refractivity contribution in [1.29, 1.82) is 5.41 Å². The fourth-order valence-corrected chi connectivity index (χ4v) is 1.73. The first-order valence-electron chi connectivity index (χ1n) is 6.12. The molecular formula is C13H18F3N3O. The molecule has 0 aromatic heterocycles. The third-order valence-electron chi connectivity index (χ3n) is 2.80. The van der Waals surface area contributed by atoms with E-state index in [1.165, 1.54) is 6.07 Å². The van der Waals surface area contributed by atoms with Crippen molar-refractivity contribution in [2.45, 2.75) is 13.1 Å². The van der Waals surface area contributed by atoms with E-state index >= 15 is 0 Å². The van der Waals surface area contributed by atoms with Gasteiger partial charge in [-0.3, -0.25) is 5.41 Å². The molecule has 0 aliphatic heterocycles. The van der Waals surface area contributed by atoms with Crippen molar-refractivity contribution >= 4 is 11.5 Å². The zero-order chi connectivity index (χ0) is 15.3. The van der Waals surface area contributed by atoms with Crippen molar-refractivity contribution in [3.05, 3.63) is 29.3 Å². The van der Waals surface area contributed by atoms with Gasteiger partial charge in [-0.2, -0.15) is 13.2 Å². The zero-order valence-electron chi connectivity index (χ0n) is 11.4. The molecule has 0 atom stereocenters. The van der Waals surface area contributed by atoms with E-state index in [2.05, 4.69) is 0 Å². The standard InChI is InChI=1S/C13H18F3N3O/c1-3-20-7-6-19(2)11-5-4-9(13(14,15)16)8-10(11)12(17)18/h4-5,8H,3,6-7H2,1-2H3,(H3,17,18). The van der Waals surface area contributed by atoms with Crippen molar-refractivity contribution in [3.8, 4) is 0 Å². The van der Waals surface area contributed by atoms with Crippen LogP contribution in [0.1, 0.15) is 18.1 Å². The minimum absolute atomic E-state index is 0.0684. The lowest BCUT2D eigenvalue weighted by atomic mass is 10.1. The number of alkyl halides is 3. The van der Waals surface area contributed by atoms with Crippen LogP contribution in [0.3, 0.4) is 0 Å². The van der Waals surface area contributed by atoms with E-state index in [0.29, 0.717) is 25.4 Å². The lowest BCUT2D eigenvalue weighted by Gasteiger charge is -2.23. The van der Waals surface area contributed by atoms with Crippen LogP contribution in [0, 0.1) is 5.41 Å². The number of anilines is 1. The molecule has 3 N–H and O–H groups in total. The van der Waals surface area contributed by atoms with Gasteiger partial charge in [0.05, 0.1) is 12.2 Å². The Morgan fingerprint density at radius 2 is 2.05 bits per heavy atom. The van der Waals surface area contributed by atoms with Gasteiger partial charge < -0.3 is 15.4 Å². The molecule has 0 aliphatic carbocycles. The third-order valence-corrected chi connectivity index (χ3v) is 2.80. The molecule has 0 fully saturated rings. The molecule has 0 unspecified atom stereocenters. The summed E-state index contributed by atoms with van der Waals surface area (Å²) in [7, 11) is 1.72. The number of benzene rings is 1. The van der Waals surface area contributed by atoms with Gasteiger partial charge in [0.15, 0.2) is 0 Å². The summed E-state index contributed by atoms with van der Waals surface area (Å²) in [6, 6.07) is 3.21. The Balaban J connectivity index is 3.04. The molecule has 20 heavy (non-hydrogen) atoms. The van der Waals surface area contributed by atoms with Gasteiger partial charge in [-0.05, 0) is 25.1 Å². The van der Waals surface area contributed by atoms with Gasteiger partial charge in [-0.15, -0.1) is 0 Å². The molecule has 112 valence electrons. The molecule has 1 aromatic carbocycles. The molecule has 4 nitrogen and oxygen atoms in total. The maximum atomic E-state index is 12.7. The summed E-state index contributed by atoms with van der Waals surface area (Å²) in [5, 5.41) is 7.44. The Morgan fingerprint density at radius 3 is 2.55 bits per heavy atom. The molecule has 1 aromatic rings. The monoisotopic (exact) mass is 289 g/mol. The molecule has 0 bridgehead atoms. The molecule has 0 radical (unpaired) electrons. The molecule has 1 rings (SSSR count). The maximum Gasteiger partial charge on any atom is 0.416 e. The number of hydrogen-bond acceptors (Lipinski definition) is 3. The van der Waals surface area contributed by atoms with Crippen molar-refractivity contribution in [1.82, 2.24) is 0 Å². The van der Waals surface area contributed by atoms with Gasteiger partial charge in [0.1, 0.15) is 5.84 Å². The Kier molecular flexibility index (Phi) is 5.38. The largest absolute Gasteiger partial charge is 0.416 e. The number of halogens is 3. The van der Waals surface area contributed by atoms with E-state index in [0.717, 1.165) is 12.1 Å². The van der Waals surface area contributed by atoms with E-state index < -0.39 is 17.6 Å². The number of likely N-dealkylation sites (N-methyl/N-ethyl adjacent to an activating group) is 1. The molecular weight excluding hydrogens is 271 g/mol. The molecule has 0 heterocycles. The highest BCUT2D eigenvalue weighted by Gasteiger charge is 2.31. The first-order chi connectivity index (χ1) is 9.27. The predicted molar refractivity (Wildman–Crippen MR) is 72.2 cm³/mol. The number of nitrogens with zero attached hydrogens (tertiary/aromatic N) is 1. The first-order valence-corrected chi connectivity index (χ1v) is 6.12. The van der Waals surface area contributed by atoms with Gasteiger partial charge in [-0.25, -0.2) is 0 Å². The summed E-state index contributed by atoms with van der Waals surface area (Å²) in [4.78, 5) is 1.71. The van der Waals surface area contributed by atoms with Gasteiger partial charge in [0.25, 0.3) is 0 Å². The van der Waals surface area contributed by atoms with Crippen molar-refractivity contribution in [2.75, 3.05) is 31.7 Å². The quantitative estimate of drug-likeness (QED) is 0.480. The van der Waals surface area contributed by atoms with Gasteiger partial charge in [-0.1, -0.05) is 0 Å². The fraction of sp³-hybridized carbons (Fsp3) is 0.462. The number of amidine groups is 1. The highest BCUT2D eigenvalue weighted by atomic mass is 19.4. The topological polar surface area (TPSA) is 62.3 Å². The number of nitrogens with one attached hydrogen (secondary N) is 1. The smallest absolute Gasteiger partial charge is 0.384 e. The Bertz CT molecular complexity index is 474. The van der Waals surface area contributed by atoms with Crippen molar-refractivity contribution < 1.29 is 17.9 Å². The average Bonchev–Trinajstić information content (AvgIpc) is 2.37. The molecule has 0 spiro atoms. The van der Waals surface area contributed by atoms with Crippen LogP contribution in [0.5, 0.6) is 0 Å². The highest BCUT2D eigenvalue weighted by molar-refractivity contribution is 6.00. The molecule has 0 aliphatic rings. The number of hydrogen-bond donors (Lipinski definition) is 2. The van der Waals surface area contributed by atoms with Gasteiger partial charge >= 0.3 is 6.18 Å². The van der Waals surface area contributed by atoms with Crippen LogP contribution in [-0.2, 0) is 10.9 Å². The average molecular weight is 289 g/mol. The van der Waals surface area contributed by atoms with E-state index in [1.807, 2.05) is 6.92 Å². The summed E-state index contributed by atoms with van der Waals surface area (Å²) in [6.45, 7) is 3.38. The van der Waals surface area contributed by atoms with Crippen LogP contribution >= 0.6 is 0 Å². The van der Waals surface area contributed by atoms with Crippen molar-refractivity contribution in [2.24, 2.45) is 5.73 Å². The van der Waals surface area contributed by atoms with E-state index in [-0.39, 0.29) is 5.56 Å². The second kappa shape index (κ2) is 6.60. The lowest BCUT2D eigenvalue weighted by molar-refractivity contribution is -0.137. The van der Waals surface area contributed by atoms with Gasteiger partial charge in [0.2, 0.25) is 0 Å². The summed E-state index contributed by atoms with van der Waals surface area (Å²) < 4.78 is 43.2. The summed E-state index contributed by atoms with van der Waals surface area (Å²) >= 11 is 0. The Morgan fingerprint density at radius 1 is 1.40 bits per heavy atom. The number of nitrogens with two attached hydrogens (primary N) is 1. The molecule has 0 saturated heterocycles. The zero-order valence-corrected chi connectivity index (χ0v) is 11.4. The van der Waals surface area contributed by atoms with Crippen LogP contribution in [0.2, 0.25) is 0 Å². The normalized spacial score (nSPS) is 11.4. The highest BCUT2D eigenvalue weighted by Crippen LogP contribution is 2.32. The second-order valence-corrected chi connectivity index (χ2v) is 4.26. The van der Waals surface area contributed by atoms with Crippen molar-refractivity contribution in [3.63, 3.8) is 0 Å². The second-order valence-electron chi connectivity index (χ2n) is 4.26. The fourth-order valence-electron chi connectivity index (χ4n) is 1.73. The first kappa shape index (κ1) is 16.3. The van der Waals surface area contributed by atoms with E-state index in [4.69, 9.17) is 15.9 Å². The van der Waals surface area contributed by atoms with E-state index in [1.54, 1.807) is 11.9 Å². The van der Waals surface area contributed by atoms with Crippen LogP contribution in [0.4, 0.5) is 18.9 Å². The molecule has 0 amide bonds. The Hall–Kier alpha value is -1.76.